The lowest BCUT2D eigenvalue weighted by Gasteiger charge is -2.50. The Balaban J connectivity index is 1.13. The molecule has 11 nitrogen and oxygen atoms in total. The van der Waals surface area contributed by atoms with Crippen molar-refractivity contribution >= 4 is 52.5 Å². The summed E-state index contributed by atoms with van der Waals surface area (Å²) >= 11 is 12.8. The number of anilines is 1. The molecule has 2 N–H and O–H groups in total. The Hall–Kier alpha value is -5.36. The highest BCUT2D eigenvalue weighted by Crippen LogP contribution is 2.64. The molecule has 3 aliphatic heterocycles. The van der Waals surface area contributed by atoms with E-state index in [0.29, 0.717) is 46.8 Å². The SMILES string of the molecule is COc1ccc(C23C(=O)N(Nc4ccc(Cl)cc4Cl)C(=O)C2CC2C(=CCC4C(=O)N(C5CCN(Cc6ccccc6)CC5)C(=O)C42)C3c2ccc(O)c(OC)c2)cc1. The number of aromatic hydroxyl groups is 1. The molecule has 13 heteroatoms. The quantitative estimate of drug-likeness (QED) is 0.131. The maximum Gasteiger partial charge on any atom is 0.260 e. The van der Waals surface area contributed by atoms with Crippen molar-refractivity contribution in [3.8, 4) is 17.2 Å². The van der Waals surface area contributed by atoms with Gasteiger partial charge in [-0.3, -0.25) is 34.4 Å². The molecule has 4 aromatic carbocycles. The number of hydrazine groups is 1. The molecule has 1 saturated carbocycles. The van der Waals surface area contributed by atoms with E-state index in [1.165, 1.54) is 29.7 Å². The van der Waals surface area contributed by atoms with Crippen molar-refractivity contribution in [2.24, 2.45) is 23.7 Å². The zero-order chi connectivity index (χ0) is 41.2. The van der Waals surface area contributed by atoms with Crippen LogP contribution >= 0.6 is 23.2 Å². The third kappa shape index (κ3) is 6.36. The van der Waals surface area contributed by atoms with Crippen LogP contribution in [0.25, 0.3) is 0 Å². The van der Waals surface area contributed by atoms with Gasteiger partial charge in [-0.2, -0.15) is 5.01 Å². The fourth-order valence-electron chi connectivity index (χ4n) is 10.7. The molecule has 6 unspecified atom stereocenters. The second-order valence-corrected chi connectivity index (χ2v) is 17.0. The Morgan fingerprint density at radius 2 is 1.58 bits per heavy atom. The number of phenols is 1. The van der Waals surface area contributed by atoms with Crippen LogP contribution in [-0.4, -0.2) is 76.9 Å². The number of nitrogens with one attached hydrogen (secondary N) is 1. The Kier molecular flexibility index (Phi) is 10.2. The van der Waals surface area contributed by atoms with Gasteiger partial charge < -0.3 is 14.6 Å². The number of piperidine rings is 1. The number of benzene rings is 4. The first-order chi connectivity index (χ1) is 28.5. The maximum absolute atomic E-state index is 15.5. The van der Waals surface area contributed by atoms with Crippen LogP contribution in [0.3, 0.4) is 0 Å². The first kappa shape index (κ1) is 39.1. The number of halogens is 2. The largest absolute Gasteiger partial charge is 0.504 e. The third-order valence-corrected chi connectivity index (χ3v) is 13.9. The topological polar surface area (TPSA) is 129 Å². The number of methoxy groups -OCH3 is 2. The molecule has 9 rings (SSSR count). The number of nitrogens with zero attached hydrogens (tertiary/aromatic N) is 3. The van der Waals surface area contributed by atoms with E-state index in [1.807, 2.05) is 36.4 Å². The van der Waals surface area contributed by atoms with Crippen molar-refractivity contribution in [3.05, 3.63) is 129 Å². The smallest absolute Gasteiger partial charge is 0.260 e. The van der Waals surface area contributed by atoms with E-state index >= 15 is 9.59 Å². The van der Waals surface area contributed by atoms with E-state index in [0.717, 1.165) is 30.2 Å². The molecule has 0 spiro atoms. The number of fused-ring (bicyclic) bond motifs is 4. The lowest BCUT2D eigenvalue weighted by atomic mass is 9.49. The molecule has 2 aliphatic carbocycles. The van der Waals surface area contributed by atoms with Crippen molar-refractivity contribution in [3.63, 3.8) is 0 Å². The fourth-order valence-corrected chi connectivity index (χ4v) is 11.1. The zero-order valence-corrected chi connectivity index (χ0v) is 34.2. The van der Waals surface area contributed by atoms with E-state index in [4.69, 9.17) is 32.7 Å². The molecular formula is C46H44Cl2N4O7. The van der Waals surface area contributed by atoms with Crippen LogP contribution in [0, 0.1) is 23.7 Å². The van der Waals surface area contributed by atoms with Crippen LogP contribution in [-0.2, 0) is 31.1 Å². The molecule has 3 saturated heterocycles. The molecule has 59 heavy (non-hydrogen) atoms. The number of allylic oxidation sites excluding steroid dienone is 2. The molecule has 0 bridgehead atoms. The Bertz CT molecular complexity index is 2370. The normalized spacial score (nSPS) is 27.0. The van der Waals surface area contributed by atoms with Gasteiger partial charge in [0.05, 0.1) is 48.1 Å². The number of ether oxygens (including phenoxy) is 2. The number of imide groups is 2. The summed E-state index contributed by atoms with van der Waals surface area (Å²) in [6, 6.07) is 26.9. The van der Waals surface area contributed by atoms with Crippen LogP contribution in [0.4, 0.5) is 5.69 Å². The lowest BCUT2D eigenvalue weighted by molar-refractivity contribution is -0.144. The van der Waals surface area contributed by atoms with Crippen LogP contribution in [0.1, 0.15) is 48.3 Å². The van der Waals surface area contributed by atoms with Gasteiger partial charge in [-0.1, -0.05) is 83.4 Å². The molecule has 0 radical (unpaired) electrons. The second-order valence-electron chi connectivity index (χ2n) is 16.2. The fraction of sp³-hybridized carbons (Fsp3) is 0.348. The van der Waals surface area contributed by atoms with E-state index in [-0.39, 0.29) is 40.8 Å². The molecule has 304 valence electrons. The maximum atomic E-state index is 15.5. The Morgan fingerprint density at radius 3 is 2.27 bits per heavy atom. The monoisotopic (exact) mass is 834 g/mol. The summed E-state index contributed by atoms with van der Waals surface area (Å²) in [6.45, 7) is 2.32. The first-order valence-electron chi connectivity index (χ1n) is 20.0. The molecule has 3 heterocycles. The summed E-state index contributed by atoms with van der Waals surface area (Å²) in [5.41, 5.74) is 5.01. The molecule has 0 aromatic heterocycles. The minimum absolute atomic E-state index is 0.0899. The summed E-state index contributed by atoms with van der Waals surface area (Å²) in [5, 5.41) is 12.4. The summed E-state index contributed by atoms with van der Waals surface area (Å²) < 4.78 is 11.1. The van der Waals surface area contributed by atoms with Gasteiger partial charge in [-0.15, -0.1) is 0 Å². The minimum atomic E-state index is -1.54. The van der Waals surface area contributed by atoms with Crippen LogP contribution in [0.2, 0.25) is 10.0 Å². The number of likely N-dealkylation sites (tertiary alicyclic amines) is 2. The van der Waals surface area contributed by atoms with Gasteiger partial charge in [0.25, 0.3) is 11.8 Å². The van der Waals surface area contributed by atoms with E-state index in [9.17, 15) is 14.7 Å². The molecule has 5 aliphatic rings. The lowest BCUT2D eigenvalue weighted by Crippen LogP contribution is -2.53. The number of carbonyl (C=O) groups is 4. The summed E-state index contributed by atoms with van der Waals surface area (Å²) in [7, 11) is 3.00. The van der Waals surface area contributed by atoms with E-state index in [2.05, 4.69) is 22.5 Å². The first-order valence-corrected chi connectivity index (χ1v) is 20.7. The zero-order valence-electron chi connectivity index (χ0n) is 32.6. The predicted octanol–water partition coefficient (Wildman–Crippen LogP) is 7.37. The van der Waals surface area contributed by atoms with Gasteiger partial charge in [0, 0.05) is 36.6 Å². The van der Waals surface area contributed by atoms with Gasteiger partial charge >= 0.3 is 0 Å². The van der Waals surface area contributed by atoms with Crippen molar-refractivity contribution in [1.82, 2.24) is 14.8 Å². The van der Waals surface area contributed by atoms with Gasteiger partial charge in [-0.25, -0.2) is 0 Å². The van der Waals surface area contributed by atoms with Crippen LogP contribution in [0.5, 0.6) is 17.2 Å². The highest BCUT2D eigenvalue weighted by Gasteiger charge is 2.70. The summed E-state index contributed by atoms with van der Waals surface area (Å²) in [4.78, 5) is 63.8. The number of amides is 4. The van der Waals surface area contributed by atoms with Crippen LogP contribution < -0.4 is 14.9 Å². The van der Waals surface area contributed by atoms with Crippen molar-refractivity contribution in [1.29, 1.82) is 0 Å². The minimum Gasteiger partial charge on any atom is -0.504 e. The van der Waals surface area contributed by atoms with Crippen molar-refractivity contribution in [2.45, 2.75) is 49.6 Å². The van der Waals surface area contributed by atoms with Gasteiger partial charge in [0.1, 0.15) is 5.75 Å². The highest BCUT2D eigenvalue weighted by atomic mass is 35.5. The number of hydrogen-bond acceptors (Lipinski definition) is 9. The standard InChI is InChI=1S/C46H44Cl2N4O7/c1-58-31-12-9-28(10-13-31)46-35(43(55)52(45(46)57)49-37-16-11-29(47)23-36(37)48)24-34-32(41(46)27-8-17-38(53)39(22-27)59-2)14-15-33-40(34)44(56)51(42(33)54)30-18-20-50(21-19-30)25-26-6-4-3-5-7-26/h3-14,16-17,22-23,30,33-35,40-41,49,53H,15,18-21,24-25H2,1-2H3. The number of phenolic OH excluding ortho intramolecular Hbond substituents is 1. The van der Waals surface area contributed by atoms with Crippen LogP contribution in [0.15, 0.2) is 103 Å². The van der Waals surface area contributed by atoms with Gasteiger partial charge in [-0.05, 0) is 90.8 Å². The summed E-state index contributed by atoms with van der Waals surface area (Å²) in [6.07, 6.45) is 3.83. The third-order valence-electron chi connectivity index (χ3n) is 13.3. The van der Waals surface area contributed by atoms with Crippen molar-refractivity contribution in [2.75, 3.05) is 32.7 Å². The molecule has 6 atom stereocenters. The number of rotatable bonds is 9. The Morgan fingerprint density at radius 1 is 0.831 bits per heavy atom. The highest BCUT2D eigenvalue weighted by molar-refractivity contribution is 6.36. The van der Waals surface area contributed by atoms with Gasteiger partial charge in [0.15, 0.2) is 11.5 Å². The second kappa shape index (κ2) is 15.3. The van der Waals surface area contributed by atoms with Crippen molar-refractivity contribution < 1.29 is 33.8 Å². The van der Waals surface area contributed by atoms with E-state index < -0.39 is 46.8 Å². The predicted molar refractivity (Wildman–Crippen MR) is 222 cm³/mol. The summed E-state index contributed by atoms with van der Waals surface area (Å²) in [5.74, 6) is -4.34. The molecule has 4 amide bonds. The van der Waals surface area contributed by atoms with E-state index in [1.54, 1.807) is 43.5 Å². The Labute approximate surface area is 352 Å². The number of carbonyl (C=O) groups excluding carboxylic acids is 4. The molecular weight excluding hydrogens is 791 g/mol. The molecule has 4 fully saturated rings. The number of hydrogen-bond donors (Lipinski definition) is 2. The molecule has 4 aromatic rings. The average Bonchev–Trinajstić information content (AvgIpc) is 3.63. The average molecular weight is 836 g/mol. The van der Waals surface area contributed by atoms with Gasteiger partial charge in [0.2, 0.25) is 11.8 Å².